The first-order valence-electron chi connectivity index (χ1n) is 11.8. The SMILES string of the molecule is CCN(CC)c1ccc2nc3c4cc5ccccc5cc4c(=NCCCNC)cc-3oc2c1. The standard InChI is InChI=1S/C28H30N4O/c1-4-32(5-2)21-11-12-24-26(17-21)33-27-18-25(30-14-8-13-29-3)22-15-19-9-6-7-10-20(19)16-23(22)28(27)31-24/h6-7,9-12,15-18,29H,4-5,8,13-14H2,1-3H3. The van der Waals surface area contributed by atoms with Crippen LogP contribution in [-0.2, 0) is 0 Å². The van der Waals surface area contributed by atoms with Gasteiger partial charge in [0.2, 0.25) is 0 Å². The maximum Gasteiger partial charge on any atom is 0.155 e. The van der Waals surface area contributed by atoms with E-state index in [9.17, 15) is 0 Å². The van der Waals surface area contributed by atoms with Crippen molar-refractivity contribution in [1.29, 1.82) is 0 Å². The van der Waals surface area contributed by atoms with Crippen molar-refractivity contribution in [2.75, 3.05) is 38.1 Å². The molecule has 0 spiro atoms. The van der Waals surface area contributed by atoms with Gasteiger partial charge >= 0.3 is 0 Å². The molecule has 0 fully saturated rings. The summed E-state index contributed by atoms with van der Waals surface area (Å²) in [6, 6.07) is 21.3. The molecule has 3 aromatic carbocycles. The summed E-state index contributed by atoms with van der Waals surface area (Å²) in [6.45, 7) is 7.96. The van der Waals surface area contributed by atoms with E-state index in [2.05, 4.69) is 84.7 Å². The average molecular weight is 439 g/mol. The van der Waals surface area contributed by atoms with Gasteiger partial charge in [-0.1, -0.05) is 24.3 Å². The molecule has 0 bridgehead atoms. The molecule has 1 aliphatic carbocycles. The van der Waals surface area contributed by atoms with Gasteiger partial charge in [0.25, 0.3) is 0 Å². The van der Waals surface area contributed by atoms with Crippen molar-refractivity contribution in [3.8, 4) is 11.5 Å². The van der Waals surface area contributed by atoms with Crippen molar-refractivity contribution in [2.24, 2.45) is 4.99 Å². The zero-order chi connectivity index (χ0) is 22.8. The topological polar surface area (TPSA) is 53.7 Å². The van der Waals surface area contributed by atoms with Gasteiger partial charge in [-0.25, -0.2) is 4.98 Å². The van der Waals surface area contributed by atoms with E-state index in [-0.39, 0.29) is 0 Å². The average Bonchev–Trinajstić information content (AvgIpc) is 2.85. The van der Waals surface area contributed by atoms with Crippen LogP contribution in [0.5, 0.6) is 0 Å². The third kappa shape index (κ3) is 4.05. The van der Waals surface area contributed by atoms with Crippen LogP contribution >= 0.6 is 0 Å². The fourth-order valence-electron chi connectivity index (χ4n) is 4.53. The molecule has 33 heavy (non-hydrogen) atoms. The van der Waals surface area contributed by atoms with E-state index in [1.54, 1.807) is 0 Å². The molecule has 1 aliphatic heterocycles. The molecular weight excluding hydrogens is 408 g/mol. The van der Waals surface area contributed by atoms with Gasteiger partial charge in [0, 0.05) is 48.2 Å². The Labute approximate surface area is 194 Å². The Bertz CT molecular complexity index is 1470. The second-order valence-electron chi connectivity index (χ2n) is 8.36. The van der Waals surface area contributed by atoms with Crippen molar-refractivity contribution < 1.29 is 4.42 Å². The Morgan fingerprint density at radius 3 is 2.42 bits per heavy atom. The highest BCUT2D eigenvalue weighted by atomic mass is 16.3. The third-order valence-corrected chi connectivity index (χ3v) is 6.31. The molecule has 5 nitrogen and oxygen atoms in total. The van der Waals surface area contributed by atoms with E-state index >= 15 is 0 Å². The Morgan fingerprint density at radius 1 is 0.939 bits per heavy atom. The Kier molecular flexibility index (Phi) is 5.97. The Hall–Kier alpha value is -3.44. The van der Waals surface area contributed by atoms with Crippen molar-refractivity contribution in [1.82, 2.24) is 10.3 Å². The van der Waals surface area contributed by atoms with Crippen LogP contribution in [0.25, 0.3) is 44.1 Å². The summed E-state index contributed by atoms with van der Waals surface area (Å²) in [5.74, 6) is 0.773. The van der Waals surface area contributed by atoms with E-state index in [1.807, 2.05) is 7.05 Å². The summed E-state index contributed by atoms with van der Waals surface area (Å²) in [7, 11) is 1.97. The molecular formula is C28H30N4O. The summed E-state index contributed by atoms with van der Waals surface area (Å²) >= 11 is 0. The van der Waals surface area contributed by atoms with Gasteiger partial charge < -0.3 is 14.6 Å². The van der Waals surface area contributed by atoms with Gasteiger partial charge in [-0.05, 0) is 68.9 Å². The highest BCUT2D eigenvalue weighted by Crippen LogP contribution is 2.33. The largest absolute Gasteiger partial charge is 0.453 e. The van der Waals surface area contributed by atoms with Crippen LogP contribution in [0.4, 0.5) is 5.69 Å². The number of hydrogen-bond acceptors (Lipinski definition) is 5. The van der Waals surface area contributed by atoms with Gasteiger partial charge in [0.05, 0.1) is 5.36 Å². The first-order chi connectivity index (χ1) is 16.2. The number of rotatable bonds is 7. The summed E-state index contributed by atoms with van der Waals surface area (Å²) in [6.07, 6.45) is 0.990. The molecule has 1 N–H and O–H groups in total. The van der Waals surface area contributed by atoms with Crippen LogP contribution in [0.2, 0.25) is 0 Å². The Balaban J connectivity index is 1.78. The van der Waals surface area contributed by atoms with Crippen LogP contribution in [0.15, 0.2) is 70.1 Å². The fraction of sp³-hybridized carbons (Fsp3) is 0.286. The monoisotopic (exact) mass is 438 g/mol. The minimum absolute atomic E-state index is 0.765. The highest BCUT2D eigenvalue weighted by molar-refractivity contribution is 6.04. The molecule has 0 unspecified atom stereocenters. The van der Waals surface area contributed by atoms with E-state index in [0.29, 0.717) is 0 Å². The number of fused-ring (bicyclic) bond motifs is 5. The zero-order valence-electron chi connectivity index (χ0n) is 19.6. The van der Waals surface area contributed by atoms with E-state index in [1.165, 1.54) is 10.8 Å². The molecule has 0 saturated carbocycles. The van der Waals surface area contributed by atoms with E-state index in [4.69, 9.17) is 14.4 Å². The molecule has 0 amide bonds. The lowest BCUT2D eigenvalue weighted by Crippen LogP contribution is -2.21. The molecule has 0 aromatic heterocycles. The van der Waals surface area contributed by atoms with Gasteiger partial charge in [0.15, 0.2) is 11.3 Å². The summed E-state index contributed by atoms with van der Waals surface area (Å²) in [5, 5.41) is 8.76. The van der Waals surface area contributed by atoms with Gasteiger partial charge in [-0.15, -0.1) is 0 Å². The molecule has 0 radical (unpaired) electrons. The van der Waals surface area contributed by atoms with Gasteiger partial charge in [-0.3, -0.25) is 4.99 Å². The number of nitrogens with zero attached hydrogens (tertiary/aromatic N) is 3. The third-order valence-electron chi connectivity index (χ3n) is 6.31. The molecule has 168 valence electrons. The molecule has 2 aliphatic rings. The highest BCUT2D eigenvalue weighted by Gasteiger charge is 2.16. The predicted octanol–water partition coefficient (Wildman–Crippen LogP) is 5.60. The molecule has 0 atom stereocenters. The maximum atomic E-state index is 6.45. The summed E-state index contributed by atoms with van der Waals surface area (Å²) < 4.78 is 6.45. The van der Waals surface area contributed by atoms with Crippen LogP contribution in [0.1, 0.15) is 20.3 Å². The molecule has 0 saturated heterocycles. The predicted molar refractivity (Wildman–Crippen MR) is 138 cm³/mol. The summed E-state index contributed by atoms with van der Waals surface area (Å²) in [4.78, 5) is 12.3. The van der Waals surface area contributed by atoms with Gasteiger partial charge in [-0.2, -0.15) is 0 Å². The van der Waals surface area contributed by atoms with Crippen LogP contribution in [0.3, 0.4) is 0 Å². The second-order valence-corrected chi connectivity index (χ2v) is 8.36. The maximum absolute atomic E-state index is 6.45. The van der Waals surface area contributed by atoms with E-state index in [0.717, 1.165) is 77.0 Å². The number of benzene rings is 4. The van der Waals surface area contributed by atoms with Crippen LogP contribution < -0.4 is 15.6 Å². The second kappa shape index (κ2) is 9.20. The lowest BCUT2D eigenvalue weighted by molar-refractivity contribution is 0.613. The normalized spacial score (nSPS) is 12.4. The van der Waals surface area contributed by atoms with Crippen LogP contribution in [0, 0.1) is 0 Å². The van der Waals surface area contributed by atoms with Crippen molar-refractivity contribution in [2.45, 2.75) is 20.3 Å². The quantitative estimate of drug-likeness (QED) is 0.204. The first-order valence-corrected chi connectivity index (χ1v) is 11.8. The summed E-state index contributed by atoms with van der Waals surface area (Å²) in [5.41, 5.74) is 3.70. The van der Waals surface area contributed by atoms with Crippen LogP contribution in [-0.4, -0.2) is 38.2 Å². The van der Waals surface area contributed by atoms with Crippen molar-refractivity contribution >= 4 is 38.3 Å². The lowest BCUT2D eigenvalue weighted by Gasteiger charge is -2.21. The molecule has 5 heteroatoms. The zero-order valence-corrected chi connectivity index (χ0v) is 19.6. The lowest BCUT2D eigenvalue weighted by atomic mass is 9.99. The number of aromatic nitrogens is 1. The number of hydrogen-bond donors (Lipinski definition) is 1. The molecule has 1 heterocycles. The van der Waals surface area contributed by atoms with Gasteiger partial charge in [0.1, 0.15) is 11.2 Å². The van der Waals surface area contributed by atoms with E-state index < -0.39 is 0 Å². The number of anilines is 1. The Morgan fingerprint density at radius 2 is 1.70 bits per heavy atom. The number of nitrogens with one attached hydrogen (secondary N) is 1. The smallest absolute Gasteiger partial charge is 0.155 e. The fourth-order valence-corrected chi connectivity index (χ4v) is 4.53. The molecule has 3 aromatic rings. The minimum atomic E-state index is 0.765. The molecule has 5 rings (SSSR count). The minimum Gasteiger partial charge on any atom is -0.453 e. The first kappa shape index (κ1) is 21.4. The van der Waals surface area contributed by atoms with Crippen molar-refractivity contribution in [3.63, 3.8) is 0 Å². The van der Waals surface area contributed by atoms with Crippen molar-refractivity contribution in [3.05, 3.63) is 66.0 Å².